The standard InChI is InChI=1S/C12H17N/c1-9-8-12(2,3)10-6-4-5-7-11(10)13-9/h4-7,9,13H,8H2,1-3H3/t9-/m0/s1. The van der Waals surface area contributed by atoms with Crippen LogP contribution in [0.25, 0.3) is 0 Å². The fraction of sp³-hybridized carbons (Fsp3) is 0.500. The average molecular weight is 175 g/mol. The van der Waals surface area contributed by atoms with E-state index in [1.54, 1.807) is 0 Å². The van der Waals surface area contributed by atoms with Gasteiger partial charge >= 0.3 is 0 Å². The summed E-state index contributed by atoms with van der Waals surface area (Å²) in [6.07, 6.45) is 1.21. The maximum atomic E-state index is 3.52. The lowest BCUT2D eigenvalue weighted by molar-refractivity contribution is 0.434. The van der Waals surface area contributed by atoms with E-state index in [0.717, 1.165) is 0 Å². The average Bonchev–Trinajstić information content (AvgIpc) is 2.02. The third-order valence-corrected chi connectivity index (χ3v) is 2.87. The minimum Gasteiger partial charge on any atom is -0.382 e. The van der Waals surface area contributed by atoms with E-state index in [4.69, 9.17) is 0 Å². The summed E-state index contributed by atoms with van der Waals surface area (Å²) in [6.45, 7) is 6.89. The van der Waals surface area contributed by atoms with Crippen LogP contribution < -0.4 is 5.32 Å². The molecule has 1 heteroatoms. The van der Waals surface area contributed by atoms with Crippen LogP contribution in [0.3, 0.4) is 0 Å². The van der Waals surface area contributed by atoms with Crippen molar-refractivity contribution in [2.75, 3.05) is 5.32 Å². The van der Waals surface area contributed by atoms with Crippen molar-refractivity contribution in [1.82, 2.24) is 0 Å². The molecule has 0 fully saturated rings. The molecule has 0 aromatic heterocycles. The summed E-state index contributed by atoms with van der Waals surface area (Å²) in [6, 6.07) is 9.21. The summed E-state index contributed by atoms with van der Waals surface area (Å²) in [4.78, 5) is 0. The zero-order chi connectivity index (χ0) is 9.47. The Morgan fingerprint density at radius 1 is 1.31 bits per heavy atom. The van der Waals surface area contributed by atoms with E-state index in [1.807, 2.05) is 0 Å². The van der Waals surface area contributed by atoms with Gasteiger partial charge in [-0.05, 0) is 30.4 Å². The summed E-state index contributed by atoms with van der Waals surface area (Å²) < 4.78 is 0. The fourth-order valence-electron chi connectivity index (χ4n) is 2.39. The van der Waals surface area contributed by atoms with E-state index in [-0.39, 0.29) is 0 Å². The Balaban J connectivity index is 2.50. The molecular formula is C12H17N. The molecule has 70 valence electrons. The molecule has 0 amide bonds. The lowest BCUT2D eigenvalue weighted by Crippen LogP contribution is -2.34. The van der Waals surface area contributed by atoms with Crippen LogP contribution in [0, 0.1) is 0 Å². The van der Waals surface area contributed by atoms with Crippen molar-refractivity contribution < 1.29 is 0 Å². The molecule has 2 rings (SSSR count). The van der Waals surface area contributed by atoms with E-state index < -0.39 is 0 Å². The van der Waals surface area contributed by atoms with Crippen LogP contribution in [-0.4, -0.2) is 6.04 Å². The van der Waals surface area contributed by atoms with Crippen molar-refractivity contribution in [2.24, 2.45) is 0 Å². The van der Waals surface area contributed by atoms with Gasteiger partial charge in [-0.3, -0.25) is 0 Å². The van der Waals surface area contributed by atoms with Crippen LogP contribution in [0.15, 0.2) is 24.3 Å². The van der Waals surface area contributed by atoms with E-state index in [1.165, 1.54) is 17.7 Å². The molecular weight excluding hydrogens is 158 g/mol. The number of rotatable bonds is 0. The lowest BCUT2D eigenvalue weighted by Gasteiger charge is -2.37. The van der Waals surface area contributed by atoms with E-state index in [2.05, 4.69) is 50.4 Å². The Bertz CT molecular complexity index is 315. The highest BCUT2D eigenvalue weighted by molar-refractivity contribution is 5.57. The molecule has 0 bridgehead atoms. The Morgan fingerprint density at radius 3 is 2.77 bits per heavy atom. The first-order valence-corrected chi connectivity index (χ1v) is 4.96. The van der Waals surface area contributed by atoms with E-state index >= 15 is 0 Å². The zero-order valence-corrected chi connectivity index (χ0v) is 8.59. The summed E-state index contributed by atoms with van der Waals surface area (Å²) in [5.74, 6) is 0. The van der Waals surface area contributed by atoms with Crippen molar-refractivity contribution in [2.45, 2.75) is 38.6 Å². The number of anilines is 1. The molecule has 0 aliphatic carbocycles. The number of fused-ring (bicyclic) bond motifs is 1. The summed E-state index contributed by atoms with van der Waals surface area (Å²) in [5.41, 5.74) is 3.08. The molecule has 0 saturated carbocycles. The van der Waals surface area contributed by atoms with Gasteiger partial charge in [0.15, 0.2) is 0 Å². The molecule has 0 unspecified atom stereocenters. The molecule has 0 spiro atoms. The highest BCUT2D eigenvalue weighted by Crippen LogP contribution is 2.38. The summed E-state index contributed by atoms with van der Waals surface area (Å²) >= 11 is 0. The van der Waals surface area contributed by atoms with Crippen molar-refractivity contribution in [3.05, 3.63) is 29.8 Å². The van der Waals surface area contributed by atoms with Crippen molar-refractivity contribution in [3.8, 4) is 0 Å². The molecule has 1 nitrogen and oxygen atoms in total. The Hall–Kier alpha value is -0.980. The van der Waals surface area contributed by atoms with Crippen LogP contribution in [0.4, 0.5) is 5.69 Å². The van der Waals surface area contributed by atoms with Crippen LogP contribution in [-0.2, 0) is 5.41 Å². The van der Waals surface area contributed by atoms with Crippen LogP contribution in [0.5, 0.6) is 0 Å². The van der Waals surface area contributed by atoms with Crippen molar-refractivity contribution in [1.29, 1.82) is 0 Å². The molecule has 1 aromatic carbocycles. The highest BCUT2D eigenvalue weighted by Gasteiger charge is 2.29. The summed E-state index contributed by atoms with van der Waals surface area (Å²) in [5, 5.41) is 3.52. The van der Waals surface area contributed by atoms with Gasteiger partial charge in [-0.15, -0.1) is 0 Å². The molecule has 1 aliphatic rings. The molecule has 1 aromatic rings. The predicted molar refractivity (Wildman–Crippen MR) is 57.2 cm³/mol. The van der Waals surface area contributed by atoms with Crippen LogP contribution >= 0.6 is 0 Å². The normalized spacial score (nSPS) is 24.7. The van der Waals surface area contributed by atoms with Crippen LogP contribution in [0.2, 0.25) is 0 Å². The van der Waals surface area contributed by atoms with Crippen molar-refractivity contribution >= 4 is 5.69 Å². The van der Waals surface area contributed by atoms with Gasteiger partial charge in [-0.1, -0.05) is 32.0 Å². The van der Waals surface area contributed by atoms with Gasteiger partial charge in [0.2, 0.25) is 0 Å². The molecule has 13 heavy (non-hydrogen) atoms. The fourth-order valence-corrected chi connectivity index (χ4v) is 2.39. The largest absolute Gasteiger partial charge is 0.382 e. The number of benzene rings is 1. The van der Waals surface area contributed by atoms with Gasteiger partial charge in [0.1, 0.15) is 0 Å². The lowest BCUT2D eigenvalue weighted by atomic mass is 9.76. The predicted octanol–water partition coefficient (Wildman–Crippen LogP) is 3.17. The number of hydrogen-bond donors (Lipinski definition) is 1. The molecule has 1 atom stereocenters. The second-order valence-corrected chi connectivity index (χ2v) is 4.68. The number of nitrogens with one attached hydrogen (secondary N) is 1. The number of para-hydroxylation sites is 1. The Kier molecular flexibility index (Phi) is 1.83. The molecule has 1 heterocycles. The highest BCUT2D eigenvalue weighted by atomic mass is 14.9. The molecule has 1 aliphatic heterocycles. The van der Waals surface area contributed by atoms with Gasteiger partial charge in [0.05, 0.1) is 0 Å². The second kappa shape index (κ2) is 2.76. The first-order valence-electron chi connectivity index (χ1n) is 4.96. The smallest absolute Gasteiger partial charge is 0.0380 e. The van der Waals surface area contributed by atoms with E-state index in [0.29, 0.717) is 11.5 Å². The topological polar surface area (TPSA) is 12.0 Å². The van der Waals surface area contributed by atoms with Gasteiger partial charge in [0.25, 0.3) is 0 Å². The Labute approximate surface area is 80.2 Å². The second-order valence-electron chi connectivity index (χ2n) is 4.68. The maximum absolute atomic E-state index is 3.52. The maximum Gasteiger partial charge on any atom is 0.0380 e. The van der Waals surface area contributed by atoms with Gasteiger partial charge in [-0.25, -0.2) is 0 Å². The SMILES string of the molecule is C[C@H]1CC(C)(C)c2ccccc2N1. The van der Waals surface area contributed by atoms with Gasteiger partial charge in [-0.2, -0.15) is 0 Å². The summed E-state index contributed by atoms with van der Waals surface area (Å²) in [7, 11) is 0. The third kappa shape index (κ3) is 1.43. The molecule has 0 radical (unpaired) electrons. The van der Waals surface area contributed by atoms with Crippen LogP contribution in [0.1, 0.15) is 32.8 Å². The van der Waals surface area contributed by atoms with Gasteiger partial charge < -0.3 is 5.32 Å². The third-order valence-electron chi connectivity index (χ3n) is 2.87. The zero-order valence-electron chi connectivity index (χ0n) is 8.59. The number of hydrogen-bond acceptors (Lipinski definition) is 1. The molecule has 0 saturated heterocycles. The monoisotopic (exact) mass is 175 g/mol. The Morgan fingerprint density at radius 2 is 2.00 bits per heavy atom. The minimum atomic E-state index is 0.321. The van der Waals surface area contributed by atoms with Gasteiger partial charge in [0, 0.05) is 11.7 Å². The first-order chi connectivity index (χ1) is 6.09. The minimum absolute atomic E-state index is 0.321. The quantitative estimate of drug-likeness (QED) is 0.638. The molecule has 1 N–H and O–H groups in total. The first kappa shape index (κ1) is 8.61. The van der Waals surface area contributed by atoms with Crippen molar-refractivity contribution in [3.63, 3.8) is 0 Å². The van der Waals surface area contributed by atoms with E-state index in [9.17, 15) is 0 Å².